The van der Waals surface area contributed by atoms with E-state index in [0.29, 0.717) is 12.6 Å². The molecule has 1 saturated heterocycles. The van der Waals surface area contributed by atoms with Gasteiger partial charge in [0.2, 0.25) is 0 Å². The topological polar surface area (TPSA) is 35.5 Å². The minimum absolute atomic E-state index is 0.0825. The van der Waals surface area contributed by atoms with Crippen molar-refractivity contribution in [2.45, 2.75) is 59.4 Å². The molecule has 0 radical (unpaired) electrons. The highest BCUT2D eigenvalue weighted by molar-refractivity contribution is 4.95. The van der Waals surface area contributed by atoms with Gasteiger partial charge in [-0.3, -0.25) is 4.90 Å². The molecule has 2 N–H and O–H groups in total. The van der Waals surface area contributed by atoms with Crippen LogP contribution in [0.2, 0.25) is 0 Å². The third kappa shape index (κ3) is 5.55. The van der Waals surface area contributed by atoms with Gasteiger partial charge in [0.1, 0.15) is 0 Å². The Morgan fingerprint density at radius 3 is 2.30 bits per heavy atom. The Morgan fingerprint density at radius 2 is 1.85 bits per heavy atom. The van der Waals surface area contributed by atoms with Crippen LogP contribution in [0.5, 0.6) is 0 Å². The molecule has 0 unspecified atom stereocenters. The maximum absolute atomic E-state index is 9.62. The average molecular weight is 282 g/mol. The first kappa shape index (κ1) is 17.7. The predicted octanol–water partition coefficient (Wildman–Crippen LogP) is 2.81. The van der Waals surface area contributed by atoms with Gasteiger partial charge < -0.3 is 10.4 Å². The van der Waals surface area contributed by atoms with Gasteiger partial charge in [0.25, 0.3) is 0 Å². The van der Waals surface area contributed by atoms with E-state index in [0.717, 1.165) is 25.9 Å². The lowest BCUT2D eigenvalue weighted by Gasteiger charge is -2.36. The molecular weight excluding hydrogens is 248 g/mol. The van der Waals surface area contributed by atoms with E-state index in [2.05, 4.69) is 44.0 Å². The molecule has 1 heterocycles. The quantitative estimate of drug-likeness (QED) is 0.672. The number of nitrogens with one attached hydrogen (secondary N) is 1. The minimum Gasteiger partial charge on any atom is -0.396 e. The van der Waals surface area contributed by atoms with Crippen LogP contribution < -0.4 is 5.32 Å². The van der Waals surface area contributed by atoms with E-state index in [1.807, 2.05) is 0 Å². The molecule has 0 aromatic carbocycles. The Hall–Kier alpha value is -0.380. The number of aliphatic hydroxyl groups is 1. The van der Waals surface area contributed by atoms with E-state index < -0.39 is 0 Å². The van der Waals surface area contributed by atoms with Gasteiger partial charge in [0.05, 0.1) is 0 Å². The van der Waals surface area contributed by atoms with Crippen molar-refractivity contribution in [2.24, 2.45) is 5.41 Å². The number of piperidine rings is 1. The Balaban J connectivity index is 2.30. The number of hydrogen-bond acceptors (Lipinski definition) is 3. The maximum atomic E-state index is 9.62. The summed E-state index contributed by atoms with van der Waals surface area (Å²) in [6, 6.07) is 0.627. The van der Waals surface area contributed by atoms with Crippen LogP contribution in [0, 0.1) is 5.41 Å². The molecule has 0 aliphatic carbocycles. The van der Waals surface area contributed by atoms with Crippen molar-refractivity contribution >= 4 is 0 Å². The summed E-state index contributed by atoms with van der Waals surface area (Å²) in [7, 11) is 0. The highest BCUT2D eigenvalue weighted by atomic mass is 16.3. The summed E-state index contributed by atoms with van der Waals surface area (Å²) in [5, 5.41) is 13.3. The van der Waals surface area contributed by atoms with Crippen molar-refractivity contribution < 1.29 is 5.11 Å². The highest BCUT2D eigenvalue weighted by Crippen LogP contribution is 2.25. The molecule has 3 heteroatoms. The molecule has 1 aliphatic heterocycles. The average Bonchev–Trinajstić information content (AvgIpc) is 2.48. The zero-order valence-electron chi connectivity index (χ0n) is 13.9. The lowest BCUT2D eigenvalue weighted by atomic mass is 9.83. The van der Waals surface area contributed by atoms with E-state index in [-0.39, 0.29) is 5.41 Å². The molecule has 0 aromatic rings. The molecular formula is C17H34N2O. The molecule has 0 saturated carbocycles. The largest absolute Gasteiger partial charge is 0.396 e. The molecule has 20 heavy (non-hydrogen) atoms. The van der Waals surface area contributed by atoms with Gasteiger partial charge >= 0.3 is 0 Å². The highest BCUT2D eigenvalue weighted by Gasteiger charge is 2.27. The van der Waals surface area contributed by atoms with Gasteiger partial charge in [-0.1, -0.05) is 25.5 Å². The van der Waals surface area contributed by atoms with Crippen LogP contribution in [0.1, 0.15) is 53.4 Å². The third-order valence-corrected chi connectivity index (χ3v) is 4.95. The number of nitrogens with zero attached hydrogens (tertiary/aromatic N) is 1. The molecule has 1 fully saturated rings. The molecule has 0 atom stereocenters. The van der Waals surface area contributed by atoms with Crippen molar-refractivity contribution in [3.8, 4) is 0 Å². The van der Waals surface area contributed by atoms with Crippen molar-refractivity contribution in [1.29, 1.82) is 0 Å². The van der Waals surface area contributed by atoms with E-state index >= 15 is 0 Å². The van der Waals surface area contributed by atoms with Crippen molar-refractivity contribution in [3.05, 3.63) is 11.6 Å². The van der Waals surface area contributed by atoms with Gasteiger partial charge in [-0.15, -0.1) is 0 Å². The second kappa shape index (κ2) is 8.81. The smallest absolute Gasteiger partial charge is 0.0499 e. The SMILES string of the molecule is CCC(CC)(CO)CNC1CCN(CC=C(C)C)CC1. The first-order valence-corrected chi connectivity index (χ1v) is 8.25. The number of likely N-dealkylation sites (tertiary alicyclic amines) is 1. The Morgan fingerprint density at radius 1 is 1.25 bits per heavy atom. The van der Waals surface area contributed by atoms with Crippen LogP contribution in [0.25, 0.3) is 0 Å². The molecule has 3 nitrogen and oxygen atoms in total. The lowest BCUT2D eigenvalue weighted by molar-refractivity contribution is 0.104. The van der Waals surface area contributed by atoms with Gasteiger partial charge in [0, 0.05) is 31.2 Å². The van der Waals surface area contributed by atoms with Crippen LogP contribution in [-0.4, -0.2) is 48.8 Å². The molecule has 0 aromatic heterocycles. The van der Waals surface area contributed by atoms with E-state index in [4.69, 9.17) is 0 Å². The summed E-state index contributed by atoms with van der Waals surface area (Å²) < 4.78 is 0. The summed E-state index contributed by atoms with van der Waals surface area (Å²) in [4.78, 5) is 2.53. The Kier molecular flexibility index (Phi) is 7.78. The van der Waals surface area contributed by atoms with Gasteiger partial charge in [0.15, 0.2) is 0 Å². The number of rotatable bonds is 8. The van der Waals surface area contributed by atoms with Gasteiger partial charge in [-0.2, -0.15) is 0 Å². The molecule has 0 spiro atoms. The summed E-state index contributed by atoms with van der Waals surface area (Å²) in [5.41, 5.74) is 1.49. The second-order valence-corrected chi connectivity index (χ2v) is 6.60. The zero-order chi connectivity index (χ0) is 15.0. The maximum Gasteiger partial charge on any atom is 0.0499 e. The molecule has 0 bridgehead atoms. The number of aliphatic hydroxyl groups excluding tert-OH is 1. The Labute approximate surface area is 125 Å². The molecule has 1 rings (SSSR count). The van der Waals surface area contributed by atoms with Gasteiger partial charge in [-0.25, -0.2) is 0 Å². The first-order valence-electron chi connectivity index (χ1n) is 8.25. The summed E-state index contributed by atoms with van der Waals surface area (Å²) in [5.74, 6) is 0. The minimum atomic E-state index is 0.0825. The van der Waals surface area contributed by atoms with Crippen LogP contribution in [0.15, 0.2) is 11.6 Å². The third-order valence-electron chi connectivity index (χ3n) is 4.95. The molecule has 118 valence electrons. The van der Waals surface area contributed by atoms with Crippen molar-refractivity contribution in [1.82, 2.24) is 10.2 Å². The molecule has 1 aliphatic rings. The lowest BCUT2D eigenvalue weighted by Crippen LogP contribution is -2.46. The predicted molar refractivity (Wildman–Crippen MR) is 87.0 cm³/mol. The Bertz CT molecular complexity index is 277. The fourth-order valence-corrected chi connectivity index (χ4v) is 2.77. The number of allylic oxidation sites excluding steroid dienone is 1. The summed E-state index contributed by atoms with van der Waals surface area (Å²) in [6.07, 6.45) is 6.87. The fraction of sp³-hybridized carbons (Fsp3) is 0.882. The monoisotopic (exact) mass is 282 g/mol. The van der Waals surface area contributed by atoms with Crippen molar-refractivity contribution in [2.75, 3.05) is 32.8 Å². The first-order chi connectivity index (χ1) is 9.55. The zero-order valence-corrected chi connectivity index (χ0v) is 13.9. The summed E-state index contributed by atoms with van der Waals surface area (Å²) in [6.45, 7) is 13.4. The van der Waals surface area contributed by atoms with E-state index in [9.17, 15) is 5.11 Å². The van der Waals surface area contributed by atoms with Crippen LogP contribution in [0.3, 0.4) is 0 Å². The fourth-order valence-electron chi connectivity index (χ4n) is 2.77. The van der Waals surface area contributed by atoms with Crippen LogP contribution >= 0.6 is 0 Å². The standard InChI is InChI=1S/C17H34N2O/c1-5-17(6-2,14-20)13-18-16-8-11-19(12-9-16)10-7-15(3)4/h7,16,18,20H,5-6,8-14H2,1-4H3. The van der Waals surface area contributed by atoms with E-state index in [1.54, 1.807) is 0 Å². The van der Waals surface area contributed by atoms with Crippen LogP contribution in [0.4, 0.5) is 0 Å². The second-order valence-electron chi connectivity index (χ2n) is 6.60. The van der Waals surface area contributed by atoms with Gasteiger partial charge in [-0.05, 0) is 52.6 Å². The van der Waals surface area contributed by atoms with E-state index in [1.165, 1.54) is 31.5 Å². The molecule has 0 amide bonds. The van der Waals surface area contributed by atoms with Crippen LogP contribution in [-0.2, 0) is 0 Å². The normalized spacial score (nSPS) is 18.2. The van der Waals surface area contributed by atoms with Crippen molar-refractivity contribution in [3.63, 3.8) is 0 Å². The number of hydrogen-bond donors (Lipinski definition) is 2. The summed E-state index contributed by atoms with van der Waals surface area (Å²) >= 11 is 0.